The van der Waals surface area contributed by atoms with Crippen LogP contribution in [0.15, 0.2) is 33.0 Å². The molecule has 18 heavy (non-hydrogen) atoms. The van der Waals surface area contributed by atoms with Crippen molar-refractivity contribution >= 4 is 18.0 Å². The second kappa shape index (κ2) is 5.22. The number of aromatic nitrogens is 3. The topological polar surface area (TPSA) is 67.8 Å². The lowest BCUT2D eigenvalue weighted by Gasteiger charge is -2.05. The summed E-state index contributed by atoms with van der Waals surface area (Å²) >= 11 is 1.31. The highest BCUT2D eigenvalue weighted by Gasteiger charge is 2.11. The third-order valence-electron chi connectivity index (χ3n) is 2.53. The maximum atomic E-state index is 11.4. The molecule has 0 fully saturated rings. The van der Waals surface area contributed by atoms with E-state index in [1.807, 2.05) is 32.0 Å². The van der Waals surface area contributed by atoms with Crippen molar-refractivity contribution in [3.8, 4) is 0 Å². The van der Waals surface area contributed by atoms with Crippen LogP contribution in [0.1, 0.15) is 22.8 Å². The molecular weight excluding hydrogens is 250 g/mol. The van der Waals surface area contributed by atoms with Crippen molar-refractivity contribution in [2.75, 3.05) is 0 Å². The van der Waals surface area contributed by atoms with E-state index in [2.05, 4.69) is 10.2 Å². The van der Waals surface area contributed by atoms with Crippen LogP contribution in [0.2, 0.25) is 0 Å². The number of rotatable bonds is 4. The lowest BCUT2D eigenvalue weighted by atomic mass is 10.2. The average molecular weight is 263 g/mol. The minimum atomic E-state index is -0.236. The van der Waals surface area contributed by atoms with Crippen molar-refractivity contribution in [2.45, 2.75) is 30.4 Å². The summed E-state index contributed by atoms with van der Waals surface area (Å²) in [6, 6.07) is 5.61. The maximum absolute atomic E-state index is 11.4. The fourth-order valence-corrected chi connectivity index (χ4v) is 2.58. The fourth-order valence-electron chi connectivity index (χ4n) is 1.61. The van der Waals surface area contributed by atoms with Crippen LogP contribution >= 0.6 is 11.8 Å². The quantitative estimate of drug-likeness (QED) is 0.855. The van der Waals surface area contributed by atoms with Gasteiger partial charge < -0.3 is 0 Å². The number of H-pyrrole nitrogens is 1. The molecule has 0 bridgehead atoms. The first-order chi connectivity index (χ1) is 8.65. The summed E-state index contributed by atoms with van der Waals surface area (Å²) in [6.45, 7) is 4.34. The number of aldehydes is 1. The van der Waals surface area contributed by atoms with E-state index in [1.54, 1.807) is 0 Å². The van der Waals surface area contributed by atoms with Crippen molar-refractivity contribution < 1.29 is 4.79 Å². The van der Waals surface area contributed by atoms with Crippen LogP contribution in [-0.2, 0) is 6.54 Å². The summed E-state index contributed by atoms with van der Waals surface area (Å²) in [4.78, 5) is 23.2. The molecule has 0 aliphatic rings. The van der Waals surface area contributed by atoms with E-state index >= 15 is 0 Å². The Bertz CT molecular complexity index is 630. The Hall–Kier alpha value is -1.82. The van der Waals surface area contributed by atoms with Gasteiger partial charge in [0.1, 0.15) is 0 Å². The van der Waals surface area contributed by atoms with E-state index in [9.17, 15) is 9.59 Å². The van der Waals surface area contributed by atoms with Gasteiger partial charge in [-0.15, -0.1) is 5.10 Å². The van der Waals surface area contributed by atoms with Gasteiger partial charge in [0.2, 0.25) is 0 Å². The molecule has 6 heteroatoms. The molecular formula is C12H13N3O2S. The molecule has 1 heterocycles. The van der Waals surface area contributed by atoms with Gasteiger partial charge in [0, 0.05) is 17.0 Å². The zero-order valence-electron chi connectivity index (χ0n) is 10.1. The van der Waals surface area contributed by atoms with Crippen LogP contribution in [0.5, 0.6) is 0 Å². The lowest BCUT2D eigenvalue weighted by molar-refractivity contribution is 0.112. The van der Waals surface area contributed by atoms with Crippen molar-refractivity contribution in [1.29, 1.82) is 0 Å². The monoisotopic (exact) mass is 263 g/mol. The smallest absolute Gasteiger partial charge is 0.298 e. The molecule has 5 nitrogen and oxygen atoms in total. The Labute approximate surface area is 108 Å². The van der Waals surface area contributed by atoms with Gasteiger partial charge in [-0.2, -0.15) is 0 Å². The van der Waals surface area contributed by atoms with E-state index in [4.69, 9.17) is 0 Å². The van der Waals surface area contributed by atoms with Gasteiger partial charge in [-0.25, -0.2) is 9.89 Å². The molecule has 0 aliphatic heterocycles. The number of nitrogens with zero attached hydrogens (tertiary/aromatic N) is 2. The van der Waals surface area contributed by atoms with Crippen molar-refractivity contribution in [3.05, 3.63) is 39.8 Å². The molecule has 0 atom stereocenters. The molecule has 1 aromatic heterocycles. The Morgan fingerprint density at radius 1 is 1.50 bits per heavy atom. The molecule has 2 rings (SSSR count). The summed E-state index contributed by atoms with van der Waals surface area (Å²) in [6.07, 6.45) is 0.816. The summed E-state index contributed by atoms with van der Waals surface area (Å²) in [5, 5.41) is 6.92. The highest BCUT2D eigenvalue weighted by molar-refractivity contribution is 7.99. The normalized spacial score (nSPS) is 10.6. The largest absolute Gasteiger partial charge is 0.343 e. The Morgan fingerprint density at radius 2 is 2.28 bits per heavy atom. The summed E-state index contributed by atoms with van der Waals surface area (Å²) < 4.78 is 1.53. The second-order valence-electron chi connectivity index (χ2n) is 3.82. The molecule has 0 saturated carbocycles. The summed E-state index contributed by atoms with van der Waals surface area (Å²) in [7, 11) is 0. The Morgan fingerprint density at radius 3 is 2.94 bits per heavy atom. The van der Waals surface area contributed by atoms with E-state index < -0.39 is 0 Å². The predicted molar refractivity (Wildman–Crippen MR) is 69.2 cm³/mol. The zero-order chi connectivity index (χ0) is 13.1. The Balaban J connectivity index is 2.39. The molecule has 0 amide bonds. The first-order valence-electron chi connectivity index (χ1n) is 5.54. The summed E-state index contributed by atoms with van der Waals surface area (Å²) in [5.41, 5.74) is 1.40. The van der Waals surface area contributed by atoms with E-state index in [0.29, 0.717) is 17.3 Å². The molecule has 94 valence electrons. The minimum absolute atomic E-state index is 0.236. The average Bonchev–Trinajstić information content (AvgIpc) is 2.72. The molecule has 0 radical (unpaired) electrons. The third kappa shape index (κ3) is 2.38. The SMILES string of the molecule is CCn1c(Sc2ccc(C)cc2C=O)n[nH]c1=O. The summed E-state index contributed by atoms with van der Waals surface area (Å²) in [5.74, 6) is 0. The van der Waals surface area contributed by atoms with Crippen molar-refractivity contribution in [3.63, 3.8) is 0 Å². The van der Waals surface area contributed by atoms with Crippen LogP contribution in [-0.4, -0.2) is 21.1 Å². The van der Waals surface area contributed by atoms with E-state index in [1.165, 1.54) is 16.3 Å². The van der Waals surface area contributed by atoms with Gasteiger partial charge in [-0.3, -0.25) is 9.36 Å². The number of nitrogens with one attached hydrogen (secondary N) is 1. The fraction of sp³-hybridized carbons (Fsp3) is 0.250. The van der Waals surface area contributed by atoms with Gasteiger partial charge in [0.05, 0.1) is 0 Å². The number of aromatic amines is 1. The molecule has 0 unspecified atom stereocenters. The predicted octanol–water partition coefficient (Wildman–Crippen LogP) is 1.86. The highest BCUT2D eigenvalue weighted by Crippen LogP contribution is 2.28. The van der Waals surface area contributed by atoms with Crippen molar-refractivity contribution in [2.24, 2.45) is 0 Å². The molecule has 2 aromatic rings. The van der Waals surface area contributed by atoms with Gasteiger partial charge in [0.15, 0.2) is 11.4 Å². The zero-order valence-corrected chi connectivity index (χ0v) is 11.0. The molecule has 0 aliphatic carbocycles. The first-order valence-corrected chi connectivity index (χ1v) is 6.36. The van der Waals surface area contributed by atoms with E-state index in [-0.39, 0.29) is 5.69 Å². The second-order valence-corrected chi connectivity index (χ2v) is 4.83. The first kappa shape index (κ1) is 12.6. The molecule has 0 saturated heterocycles. The molecule has 0 spiro atoms. The number of carbonyl (C=O) groups excluding carboxylic acids is 1. The number of hydrogen-bond donors (Lipinski definition) is 1. The van der Waals surface area contributed by atoms with Crippen LogP contribution in [0.3, 0.4) is 0 Å². The minimum Gasteiger partial charge on any atom is -0.298 e. The number of benzene rings is 1. The van der Waals surface area contributed by atoms with E-state index in [0.717, 1.165) is 16.7 Å². The van der Waals surface area contributed by atoms with Gasteiger partial charge >= 0.3 is 5.69 Å². The Kier molecular flexibility index (Phi) is 3.66. The number of carbonyl (C=O) groups is 1. The molecule has 1 aromatic carbocycles. The standard InChI is InChI=1S/C12H13N3O2S/c1-3-15-11(17)13-14-12(15)18-10-5-4-8(2)6-9(10)7-16/h4-7H,3H2,1-2H3,(H,13,17). The van der Waals surface area contributed by atoms with Crippen molar-refractivity contribution in [1.82, 2.24) is 14.8 Å². The van der Waals surface area contributed by atoms with Gasteiger partial charge in [-0.05, 0) is 37.7 Å². The van der Waals surface area contributed by atoms with Crippen LogP contribution in [0.25, 0.3) is 0 Å². The van der Waals surface area contributed by atoms with Crippen LogP contribution in [0.4, 0.5) is 0 Å². The number of aryl methyl sites for hydroxylation is 1. The third-order valence-corrected chi connectivity index (χ3v) is 3.62. The van der Waals surface area contributed by atoms with Crippen LogP contribution < -0.4 is 5.69 Å². The van der Waals surface area contributed by atoms with Gasteiger partial charge in [0.25, 0.3) is 0 Å². The lowest BCUT2D eigenvalue weighted by Crippen LogP contribution is -2.16. The van der Waals surface area contributed by atoms with Crippen LogP contribution in [0, 0.1) is 6.92 Å². The van der Waals surface area contributed by atoms with Gasteiger partial charge in [-0.1, -0.05) is 11.6 Å². The maximum Gasteiger partial charge on any atom is 0.343 e. The molecule has 1 N–H and O–H groups in total. The highest BCUT2D eigenvalue weighted by atomic mass is 32.2. The number of hydrogen-bond acceptors (Lipinski definition) is 4.